The maximum absolute atomic E-state index is 8.98. The molecule has 0 bridgehead atoms. The maximum Gasteiger partial charge on any atom is 0.160 e. The zero-order valence-corrected chi connectivity index (χ0v) is 12.3. The lowest BCUT2D eigenvalue weighted by molar-refractivity contribution is 0.786. The number of hydrogen-bond donors (Lipinski definition) is 1. The van der Waals surface area contributed by atoms with Crippen molar-refractivity contribution >= 4 is 11.5 Å². The Morgan fingerprint density at radius 3 is 3.00 bits per heavy atom. The summed E-state index contributed by atoms with van der Waals surface area (Å²) in [5, 5.41) is 20.6. The molecule has 0 aliphatic rings. The number of hydrogen-bond acceptors (Lipinski definition) is 5. The summed E-state index contributed by atoms with van der Waals surface area (Å²) in [5.74, 6) is 1.68. The van der Waals surface area contributed by atoms with Gasteiger partial charge in [0.25, 0.3) is 0 Å². The zero-order valence-electron chi connectivity index (χ0n) is 12.3. The Kier molecular flexibility index (Phi) is 3.97. The summed E-state index contributed by atoms with van der Waals surface area (Å²) < 4.78 is 2.00. The Morgan fingerprint density at radius 2 is 2.14 bits per heavy atom. The third kappa shape index (κ3) is 2.88. The van der Waals surface area contributed by atoms with Gasteiger partial charge in [-0.25, -0.2) is 4.98 Å². The van der Waals surface area contributed by atoms with Gasteiger partial charge < -0.3 is 5.32 Å². The van der Waals surface area contributed by atoms with Crippen molar-refractivity contribution in [3.8, 4) is 6.07 Å². The molecule has 0 saturated heterocycles. The molecule has 3 aromatic rings. The molecule has 0 unspecified atom stereocenters. The van der Waals surface area contributed by atoms with Crippen LogP contribution in [0.2, 0.25) is 0 Å². The Labute approximate surface area is 128 Å². The standard InChI is InChI=1S/C16H16N6/c1-12-7-8-14(19-13(12)11-17)18-9-4-6-16-21-20-15-5-2-3-10-22(15)16/h2-3,5,7-8,10H,4,6,9H2,1H3,(H,18,19). The van der Waals surface area contributed by atoms with Crippen LogP contribution in [0, 0.1) is 18.3 Å². The highest BCUT2D eigenvalue weighted by molar-refractivity contribution is 5.42. The zero-order chi connectivity index (χ0) is 15.4. The van der Waals surface area contributed by atoms with Gasteiger partial charge in [-0.15, -0.1) is 10.2 Å². The van der Waals surface area contributed by atoms with Gasteiger partial charge in [0.05, 0.1) is 0 Å². The van der Waals surface area contributed by atoms with E-state index in [1.165, 1.54) is 0 Å². The van der Waals surface area contributed by atoms with Crippen molar-refractivity contribution in [3.05, 3.63) is 53.6 Å². The second-order valence-corrected chi connectivity index (χ2v) is 5.05. The molecule has 0 saturated carbocycles. The predicted octanol–water partition coefficient (Wildman–Crippen LogP) is 2.35. The van der Waals surface area contributed by atoms with E-state index >= 15 is 0 Å². The number of nitrogens with zero attached hydrogens (tertiary/aromatic N) is 5. The summed E-state index contributed by atoms with van der Waals surface area (Å²) in [6, 6.07) is 11.7. The van der Waals surface area contributed by atoms with Crippen LogP contribution in [0.1, 0.15) is 23.5 Å². The number of pyridine rings is 2. The first-order valence-corrected chi connectivity index (χ1v) is 7.18. The molecule has 6 nitrogen and oxygen atoms in total. The lowest BCUT2D eigenvalue weighted by atomic mass is 10.2. The van der Waals surface area contributed by atoms with E-state index in [0.29, 0.717) is 5.69 Å². The summed E-state index contributed by atoms with van der Waals surface area (Å²) >= 11 is 0. The fourth-order valence-corrected chi connectivity index (χ4v) is 2.26. The molecule has 0 amide bonds. The van der Waals surface area contributed by atoms with E-state index in [4.69, 9.17) is 5.26 Å². The van der Waals surface area contributed by atoms with Crippen molar-refractivity contribution in [2.75, 3.05) is 11.9 Å². The molecule has 3 heterocycles. The normalized spacial score (nSPS) is 10.5. The molecule has 0 radical (unpaired) electrons. The van der Waals surface area contributed by atoms with Crippen LogP contribution < -0.4 is 5.32 Å². The largest absolute Gasteiger partial charge is 0.370 e. The van der Waals surface area contributed by atoms with Crippen LogP contribution in [0.4, 0.5) is 5.82 Å². The number of fused-ring (bicyclic) bond motifs is 1. The van der Waals surface area contributed by atoms with Gasteiger partial charge in [-0.1, -0.05) is 12.1 Å². The highest BCUT2D eigenvalue weighted by Gasteiger charge is 2.04. The first-order valence-electron chi connectivity index (χ1n) is 7.18. The number of nitrogens with one attached hydrogen (secondary N) is 1. The van der Waals surface area contributed by atoms with Crippen molar-refractivity contribution in [1.29, 1.82) is 5.26 Å². The molecule has 0 aromatic carbocycles. The molecule has 3 rings (SSSR count). The lowest BCUT2D eigenvalue weighted by Gasteiger charge is -2.06. The molecule has 6 heteroatoms. The van der Waals surface area contributed by atoms with Crippen LogP contribution in [-0.2, 0) is 6.42 Å². The molecular weight excluding hydrogens is 276 g/mol. The van der Waals surface area contributed by atoms with Crippen LogP contribution in [0.3, 0.4) is 0 Å². The van der Waals surface area contributed by atoms with E-state index in [2.05, 4.69) is 26.6 Å². The number of anilines is 1. The molecule has 3 aromatic heterocycles. The van der Waals surface area contributed by atoms with Crippen molar-refractivity contribution in [2.45, 2.75) is 19.8 Å². The minimum Gasteiger partial charge on any atom is -0.370 e. The van der Waals surface area contributed by atoms with E-state index in [9.17, 15) is 0 Å². The minimum atomic E-state index is 0.466. The average Bonchev–Trinajstić information content (AvgIpc) is 2.96. The molecule has 0 aliphatic carbocycles. The topological polar surface area (TPSA) is 78.9 Å². The average molecular weight is 292 g/mol. The second-order valence-electron chi connectivity index (χ2n) is 5.05. The molecule has 22 heavy (non-hydrogen) atoms. The van der Waals surface area contributed by atoms with Gasteiger partial charge in [0.15, 0.2) is 5.65 Å². The van der Waals surface area contributed by atoms with Crippen molar-refractivity contribution < 1.29 is 0 Å². The van der Waals surface area contributed by atoms with Crippen molar-refractivity contribution in [3.63, 3.8) is 0 Å². The Balaban J connectivity index is 1.57. The van der Waals surface area contributed by atoms with E-state index in [0.717, 1.165) is 42.2 Å². The van der Waals surface area contributed by atoms with Gasteiger partial charge in [0.1, 0.15) is 23.4 Å². The number of aryl methyl sites for hydroxylation is 2. The molecule has 0 spiro atoms. The summed E-state index contributed by atoms with van der Waals surface area (Å²) in [4.78, 5) is 4.27. The van der Waals surface area contributed by atoms with E-state index < -0.39 is 0 Å². The molecule has 0 aliphatic heterocycles. The molecule has 110 valence electrons. The summed E-state index contributed by atoms with van der Waals surface area (Å²) in [5.41, 5.74) is 2.22. The van der Waals surface area contributed by atoms with Gasteiger partial charge >= 0.3 is 0 Å². The van der Waals surface area contributed by atoms with Gasteiger partial charge in [-0.05, 0) is 37.1 Å². The third-order valence-corrected chi connectivity index (χ3v) is 3.47. The summed E-state index contributed by atoms with van der Waals surface area (Å²) in [7, 11) is 0. The number of nitriles is 1. The maximum atomic E-state index is 8.98. The summed E-state index contributed by atoms with van der Waals surface area (Å²) in [6.45, 7) is 2.65. The Morgan fingerprint density at radius 1 is 1.23 bits per heavy atom. The SMILES string of the molecule is Cc1ccc(NCCCc2nnc3ccccn23)nc1C#N. The number of rotatable bonds is 5. The molecule has 0 atom stereocenters. The van der Waals surface area contributed by atoms with Crippen LogP contribution in [0.15, 0.2) is 36.5 Å². The fourth-order valence-electron chi connectivity index (χ4n) is 2.26. The smallest absolute Gasteiger partial charge is 0.160 e. The van der Waals surface area contributed by atoms with Crippen LogP contribution in [0.25, 0.3) is 5.65 Å². The van der Waals surface area contributed by atoms with Crippen LogP contribution in [0.5, 0.6) is 0 Å². The van der Waals surface area contributed by atoms with E-state index in [-0.39, 0.29) is 0 Å². The molecular formula is C16H16N6. The molecule has 0 fully saturated rings. The van der Waals surface area contributed by atoms with Gasteiger partial charge in [-0.2, -0.15) is 5.26 Å². The third-order valence-electron chi connectivity index (χ3n) is 3.47. The van der Waals surface area contributed by atoms with E-state index in [1.54, 1.807) is 0 Å². The Hall–Kier alpha value is -2.94. The van der Waals surface area contributed by atoms with Gasteiger partial charge in [0, 0.05) is 19.2 Å². The highest BCUT2D eigenvalue weighted by atomic mass is 15.2. The number of aromatic nitrogens is 4. The van der Waals surface area contributed by atoms with Crippen LogP contribution in [-0.4, -0.2) is 26.1 Å². The predicted molar refractivity (Wildman–Crippen MR) is 83.5 cm³/mol. The van der Waals surface area contributed by atoms with Crippen molar-refractivity contribution in [1.82, 2.24) is 19.6 Å². The van der Waals surface area contributed by atoms with Gasteiger partial charge in [0.2, 0.25) is 0 Å². The monoisotopic (exact) mass is 292 g/mol. The minimum absolute atomic E-state index is 0.466. The quantitative estimate of drug-likeness (QED) is 0.730. The second kappa shape index (κ2) is 6.22. The van der Waals surface area contributed by atoms with Crippen molar-refractivity contribution in [2.24, 2.45) is 0 Å². The lowest BCUT2D eigenvalue weighted by Crippen LogP contribution is -2.07. The molecule has 1 N–H and O–H groups in total. The summed E-state index contributed by atoms with van der Waals surface area (Å²) in [6.07, 6.45) is 3.71. The fraction of sp³-hybridized carbons (Fsp3) is 0.250. The van der Waals surface area contributed by atoms with Gasteiger partial charge in [-0.3, -0.25) is 4.40 Å². The first kappa shape index (κ1) is 14.0. The van der Waals surface area contributed by atoms with Crippen LogP contribution >= 0.6 is 0 Å². The van der Waals surface area contributed by atoms with E-state index in [1.807, 2.05) is 47.9 Å². The highest BCUT2D eigenvalue weighted by Crippen LogP contribution is 2.10. The first-order chi connectivity index (χ1) is 10.8. The Bertz CT molecular complexity index is 830.